The van der Waals surface area contributed by atoms with Crippen LogP contribution in [0.4, 0.5) is 0 Å². The monoisotopic (exact) mass is 314 g/mol. The second-order valence-corrected chi connectivity index (χ2v) is 7.31. The van der Waals surface area contributed by atoms with E-state index in [-0.39, 0.29) is 17.0 Å². The Labute approximate surface area is 133 Å². The summed E-state index contributed by atoms with van der Waals surface area (Å²) >= 11 is 5.54. The molecule has 5 rings (SSSR count). The van der Waals surface area contributed by atoms with Crippen LogP contribution in [0.3, 0.4) is 0 Å². The van der Waals surface area contributed by atoms with E-state index in [2.05, 4.69) is 4.98 Å². The minimum absolute atomic E-state index is 0.0565. The molecule has 2 saturated carbocycles. The molecule has 114 valence electrons. The summed E-state index contributed by atoms with van der Waals surface area (Å²) in [5.41, 5.74) is 1.05. The number of aromatic amines is 1. The number of nitrogens with zero attached hydrogens (tertiary/aromatic N) is 1. The third-order valence-corrected chi connectivity index (χ3v) is 6.40. The van der Waals surface area contributed by atoms with Gasteiger partial charge in [0.15, 0.2) is 4.77 Å². The van der Waals surface area contributed by atoms with Crippen LogP contribution in [0.1, 0.15) is 31.7 Å². The van der Waals surface area contributed by atoms with Crippen LogP contribution >= 0.6 is 12.2 Å². The molecular weight excluding hydrogens is 296 g/mol. The molecule has 2 aliphatic carbocycles. The standard InChI is InChI=1S/C17H18N2O2S/c20-15-10-4-1-2-5-12(10)18-16(22)19(15)13-11-6-9-21-14(11)17(13)7-3-8-17/h1-2,4-5,11,13-14H,3,6-9H2,(H,18,22)/t11-,13+,14-/m0/s1. The lowest BCUT2D eigenvalue weighted by molar-refractivity contribution is -0.193. The average molecular weight is 314 g/mol. The zero-order chi connectivity index (χ0) is 14.9. The molecule has 1 spiro atoms. The van der Waals surface area contributed by atoms with E-state index in [1.165, 1.54) is 6.42 Å². The normalized spacial score (nSPS) is 31.7. The quantitative estimate of drug-likeness (QED) is 0.822. The molecule has 4 nitrogen and oxygen atoms in total. The predicted octanol–water partition coefficient (Wildman–Crippen LogP) is 3.19. The van der Waals surface area contributed by atoms with Gasteiger partial charge in [0.2, 0.25) is 0 Å². The molecule has 2 aromatic rings. The van der Waals surface area contributed by atoms with Gasteiger partial charge in [-0.1, -0.05) is 18.6 Å². The first kappa shape index (κ1) is 13.0. The van der Waals surface area contributed by atoms with E-state index in [4.69, 9.17) is 17.0 Å². The molecule has 3 fully saturated rings. The molecule has 0 bridgehead atoms. The van der Waals surface area contributed by atoms with Gasteiger partial charge in [-0.25, -0.2) is 0 Å². The van der Waals surface area contributed by atoms with Crippen LogP contribution < -0.4 is 5.56 Å². The summed E-state index contributed by atoms with van der Waals surface area (Å²) in [5.74, 6) is 0.453. The van der Waals surface area contributed by atoms with Crippen molar-refractivity contribution in [2.45, 2.75) is 37.8 Å². The number of nitrogens with one attached hydrogen (secondary N) is 1. The molecule has 1 N–H and O–H groups in total. The van der Waals surface area contributed by atoms with E-state index < -0.39 is 0 Å². The van der Waals surface area contributed by atoms with Gasteiger partial charge in [0, 0.05) is 17.9 Å². The number of aromatic nitrogens is 2. The van der Waals surface area contributed by atoms with Gasteiger partial charge in [-0.3, -0.25) is 9.36 Å². The Morgan fingerprint density at radius 3 is 2.91 bits per heavy atom. The molecule has 0 radical (unpaired) electrons. The maximum Gasteiger partial charge on any atom is 0.262 e. The van der Waals surface area contributed by atoms with Crippen molar-refractivity contribution in [3.05, 3.63) is 39.4 Å². The van der Waals surface area contributed by atoms with Crippen molar-refractivity contribution >= 4 is 23.1 Å². The Hall–Kier alpha value is -1.46. The molecular formula is C17H18N2O2S. The third kappa shape index (κ3) is 1.41. The van der Waals surface area contributed by atoms with Gasteiger partial charge in [0.25, 0.3) is 5.56 Å². The van der Waals surface area contributed by atoms with Crippen LogP contribution in [0.15, 0.2) is 29.1 Å². The summed E-state index contributed by atoms with van der Waals surface area (Å²) in [7, 11) is 0. The van der Waals surface area contributed by atoms with Crippen LogP contribution in [0.25, 0.3) is 10.9 Å². The predicted molar refractivity (Wildman–Crippen MR) is 86.6 cm³/mol. The van der Waals surface area contributed by atoms with E-state index in [1.54, 1.807) is 0 Å². The maximum atomic E-state index is 13.0. The number of hydrogen-bond donors (Lipinski definition) is 1. The third-order valence-electron chi connectivity index (χ3n) is 6.10. The van der Waals surface area contributed by atoms with E-state index in [0.717, 1.165) is 36.8 Å². The number of para-hydroxylation sites is 1. The van der Waals surface area contributed by atoms with Gasteiger partial charge in [-0.2, -0.15) is 0 Å². The Bertz CT molecular complexity index is 880. The zero-order valence-corrected chi connectivity index (χ0v) is 13.1. The molecule has 5 heteroatoms. The van der Waals surface area contributed by atoms with Crippen LogP contribution in [0.2, 0.25) is 0 Å². The topological polar surface area (TPSA) is 47.0 Å². The Kier molecular flexibility index (Phi) is 2.54. The number of H-pyrrole nitrogens is 1. The lowest BCUT2D eigenvalue weighted by atomic mass is 9.46. The van der Waals surface area contributed by atoms with Gasteiger partial charge in [-0.05, 0) is 43.6 Å². The fourth-order valence-corrected chi connectivity index (χ4v) is 5.35. The highest BCUT2D eigenvalue weighted by Gasteiger charge is 2.67. The van der Waals surface area contributed by atoms with Crippen LogP contribution in [0.5, 0.6) is 0 Å². The molecule has 3 aliphatic rings. The summed E-state index contributed by atoms with van der Waals surface area (Å²) in [5, 5.41) is 0.730. The summed E-state index contributed by atoms with van der Waals surface area (Å²) < 4.78 is 8.40. The Morgan fingerprint density at radius 2 is 2.14 bits per heavy atom. The van der Waals surface area contributed by atoms with Crippen LogP contribution in [-0.4, -0.2) is 22.3 Å². The number of benzene rings is 1. The molecule has 1 aliphatic heterocycles. The summed E-state index contributed by atoms with van der Waals surface area (Å²) in [4.78, 5) is 16.3. The van der Waals surface area contributed by atoms with Crippen molar-refractivity contribution in [3.63, 3.8) is 0 Å². The first-order valence-corrected chi connectivity index (χ1v) is 8.48. The van der Waals surface area contributed by atoms with Crippen LogP contribution in [-0.2, 0) is 4.74 Å². The largest absolute Gasteiger partial charge is 0.377 e. The van der Waals surface area contributed by atoms with Gasteiger partial charge < -0.3 is 9.72 Å². The van der Waals surface area contributed by atoms with E-state index in [9.17, 15) is 4.79 Å². The first-order valence-electron chi connectivity index (χ1n) is 8.07. The SMILES string of the molecule is O=c1c2ccccc2[nH]c(=S)n1[C@@H]1[C@@H]2CCO[C@@H]2C12CCC2. The van der Waals surface area contributed by atoms with Crippen molar-refractivity contribution < 1.29 is 4.74 Å². The second kappa shape index (κ2) is 4.30. The van der Waals surface area contributed by atoms with Crippen molar-refractivity contribution in [2.75, 3.05) is 6.61 Å². The van der Waals surface area contributed by atoms with Crippen molar-refractivity contribution in [1.29, 1.82) is 0 Å². The van der Waals surface area contributed by atoms with E-state index >= 15 is 0 Å². The number of ether oxygens (including phenoxy) is 1. The maximum absolute atomic E-state index is 13.0. The fraction of sp³-hybridized carbons (Fsp3) is 0.529. The van der Waals surface area contributed by atoms with Crippen molar-refractivity contribution in [2.24, 2.45) is 11.3 Å². The highest BCUT2D eigenvalue weighted by Crippen LogP contribution is 2.68. The molecule has 1 aromatic carbocycles. The lowest BCUT2D eigenvalue weighted by Crippen LogP contribution is -2.64. The lowest BCUT2D eigenvalue weighted by Gasteiger charge is -2.63. The summed E-state index contributed by atoms with van der Waals surface area (Å²) in [6.07, 6.45) is 4.95. The molecule has 22 heavy (non-hydrogen) atoms. The molecule has 3 atom stereocenters. The van der Waals surface area contributed by atoms with Gasteiger partial charge in [0.05, 0.1) is 23.0 Å². The van der Waals surface area contributed by atoms with Crippen molar-refractivity contribution in [3.8, 4) is 0 Å². The summed E-state index contributed by atoms with van der Waals surface area (Å²) in [6.45, 7) is 0.826. The van der Waals surface area contributed by atoms with E-state index in [1.807, 2.05) is 28.8 Å². The van der Waals surface area contributed by atoms with Crippen LogP contribution in [0, 0.1) is 16.1 Å². The minimum Gasteiger partial charge on any atom is -0.377 e. The molecule has 1 aromatic heterocycles. The van der Waals surface area contributed by atoms with Gasteiger partial charge in [0.1, 0.15) is 0 Å². The number of rotatable bonds is 1. The second-order valence-electron chi connectivity index (χ2n) is 6.93. The smallest absolute Gasteiger partial charge is 0.262 e. The fourth-order valence-electron chi connectivity index (χ4n) is 5.04. The first-order chi connectivity index (χ1) is 10.7. The minimum atomic E-state index is 0.0565. The zero-order valence-electron chi connectivity index (χ0n) is 12.2. The van der Waals surface area contributed by atoms with E-state index in [0.29, 0.717) is 16.8 Å². The Morgan fingerprint density at radius 1 is 1.32 bits per heavy atom. The van der Waals surface area contributed by atoms with Gasteiger partial charge >= 0.3 is 0 Å². The highest BCUT2D eigenvalue weighted by molar-refractivity contribution is 7.71. The molecule has 0 unspecified atom stereocenters. The summed E-state index contributed by atoms with van der Waals surface area (Å²) in [6, 6.07) is 7.85. The molecule has 2 heterocycles. The van der Waals surface area contributed by atoms with Crippen molar-refractivity contribution in [1.82, 2.24) is 9.55 Å². The average Bonchev–Trinajstić information content (AvgIpc) is 2.86. The van der Waals surface area contributed by atoms with Gasteiger partial charge in [-0.15, -0.1) is 0 Å². The number of fused-ring (bicyclic) bond motifs is 3. The Balaban J connectivity index is 1.74. The molecule has 0 amide bonds. The number of hydrogen-bond acceptors (Lipinski definition) is 3. The molecule has 1 saturated heterocycles. The highest BCUT2D eigenvalue weighted by atomic mass is 32.1.